The maximum absolute atomic E-state index is 12.1. The van der Waals surface area contributed by atoms with E-state index in [9.17, 15) is 15.0 Å². The van der Waals surface area contributed by atoms with Gasteiger partial charge in [-0.25, -0.2) is 0 Å². The number of rotatable bonds is 24. The van der Waals surface area contributed by atoms with Gasteiger partial charge in [0.25, 0.3) is 0 Å². The Morgan fingerprint density at radius 2 is 1.19 bits per heavy atom. The van der Waals surface area contributed by atoms with Crippen LogP contribution in [0.25, 0.3) is 0 Å². The summed E-state index contributed by atoms with van der Waals surface area (Å²) < 4.78 is 0. The number of nitrogens with one attached hydrogen (secondary N) is 1. The third-order valence-electron chi connectivity index (χ3n) is 6.28. The molecule has 0 saturated heterocycles. The smallest absolute Gasteiger partial charge is 0.220 e. The highest BCUT2D eigenvalue weighted by Crippen LogP contribution is 2.13. The Balaban J connectivity index is 3.68. The predicted octanol–water partition coefficient (Wildman–Crippen LogP) is 7.22. The summed E-state index contributed by atoms with van der Waals surface area (Å²) in [7, 11) is 0. The quantitative estimate of drug-likeness (QED) is 0.107. The first-order chi connectivity index (χ1) is 15.7. The normalized spacial score (nSPS) is 13.5. The summed E-state index contributed by atoms with van der Waals surface area (Å²) in [4.78, 5) is 12.1. The van der Waals surface area contributed by atoms with E-state index >= 15 is 0 Å². The molecule has 0 heterocycles. The molecule has 0 radical (unpaired) electrons. The maximum atomic E-state index is 12.1. The fraction of sp³-hybridized carbons (Fsp3) is 0.893. The molecule has 3 N–H and O–H groups in total. The standard InChI is InChI=1S/C28H55NO3/c1-3-5-7-9-11-13-14-16-17-19-21-23-27(31)26(25-30)29-28(32)24-22-20-18-15-12-10-8-6-4-2/h15,18,26-27,30-31H,3-14,16-17,19-25H2,1-2H3,(H,29,32)/b18-15-. The zero-order valence-electron chi connectivity index (χ0n) is 21.5. The molecule has 0 rings (SSSR count). The van der Waals surface area contributed by atoms with Crippen LogP contribution in [0.5, 0.6) is 0 Å². The molecule has 0 aliphatic heterocycles. The molecule has 0 fully saturated rings. The number of unbranched alkanes of at least 4 members (excludes halogenated alkanes) is 15. The first kappa shape index (κ1) is 31.1. The molecule has 4 nitrogen and oxygen atoms in total. The molecule has 32 heavy (non-hydrogen) atoms. The zero-order chi connectivity index (χ0) is 23.7. The van der Waals surface area contributed by atoms with Crippen molar-refractivity contribution in [2.45, 2.75) is 154 Å². The lowest BCUT2D eigenvalue weighted by Gasteiger charge is -2.22. The molecule has 190 valence electrons. The second kappa shape index (κ2) is 24.8. The Labute approximate surface area is 199 Å². The average Bonchev–Trinajstić information content (AvgIpc) is 2.79. The van der Waals surface area contributed by atoms with Gasteiger partial charge in [0.15, 0.2) is 0 Å². The Kier molecular flexibility index (Phi) is 24.1. The van der Waals surface area contributed by atoms with Crippen molar-refractivity contribution in [3.05, 3.63) is 12.2 Å². The third kappa shape index (κ3) is 21.0. The van der Waals surface area contributed by atoms with Crippen LogP contribution in [0.3, 0.4) is 0 Å². The van der Waals surface area contributed by atoms with E-state index in [2.05, 4.69) is 31.3 Å². The average molecular weight is 454 g/mol. The minimum Gasteiger partial charge on any atom is -0.394 e. The van der Waals surface area contributed by atoms with Crippen molar-refractivity contribution in [2.24, 2.45) is 0 Å². The van der Waals surface area contributed by atoms with E-state index in [0.717, 1.165) is 32.1 Å². The lowest BCUT2D eigenvalue weighted by molar-refractivity contribution is -0.123. The van der Waals surface area contributed by atoms with Crippen molar-refractivity contribution >= 4 is 5.91 Å². The highest BCUT2D eigenvalue weighted by molar-refractivity contribution is 5.76. The van der Waals surface area contributed by atoms with E-state index in [0.29, 0.717) is 12.8 Å². The van der Waals surface area contributed by atoms with Crippen LogP contribution in [0.4, 0.5) is 0 Å². The van der Waals surface area contributed by atoms with Gasteiger partial charge in [-0.3, -0.25) is 4.79 Å². The zero-order valence-corrected chi connectivity index (χ0v) is 21.5. The fourth-order valence-electron chi connectivity index (χ4n) is 4.07. The molecule has 0 aliphatic rings. The number of amides is 1. The number of hydrogen-bond acceptors (Lipinski definition) is 3. The van der Waals surface area contributed by atoms with Crippen molar-refractivity contribution in [3.8, 4) is 0 Å². The molecule has 0 aromatic rings. The molecule has 1 amide bonds. The topological polar surface area (TPSA) is 69.6 Å². The Morgan fingerprint density at radius 1 is 0.719 bits per heavy atom. The van der Waals surface area contributed by atoms with Crippen LogP contribution in [-0.4, -0.2) is 34.9 Å². The van der Waals surface area contributed by atoms with Crippen LogP contribution < -0.4 is 5.32 Å². The van der Waals surface area contributed by atoms with Gasteiger partial charge in [0, 0.05) is 6.42 Å². The van der Waals surface area contributed by atoms with E-state index < -0.39 is 12.1 Å². The van der Waals surface area contributed by atoms with E-state index in [1.807, 2.05) is 0 Å². The van der Waals surface area contributed by atoms with Crippen molar-refractivity contribution in [1.29, 1.82) is 0 Å². The minimum absolute atomic E-state index is 0.0709. The third-order valence-corrected chi connectivity index (χ3v) is 6.28. The molecule has 0 aromatic heterocycles. The summed E-state index contributed by atoms with van der Waals surface area (Å²) >= 11 is 0. The molecule has 0 aromatic carbocycles. The number of carbonyl (C=O) groups excluding carboxylic acids is 1. The summed E-state index contributed by atoms with van der Waals surface area (Å²) in [6.07, 6.45) is 26.8. The molecule has 0 saturated carbocycles. The summed E-state index contributed by atoms with van der Waals surface area (Å²) in [5.74, 6) is -0.0709. The highest BCUT2D eigenvalue weighted by atomic mass is 16.3. The van der Waals surface area contributed by atoms with Gasteiger partial charge in [0.2, 0.25) is 5.91 Å². The molecule has 2 unspecified atom stereocenters. The van der Waals surface area contributed by atoms with Gasteiger partial charge in [-0.05, 0) is 32.1 Å². The number of allylic oxidation sites excluding steroid dienone is 2. The molecule has 0 spiro atoms. The fourth-order valence-corrected chi connectivity index (χ4v) is 4.07. The van der Waals surface area contributed by atoms with Crippen molar-refractivity contribution in [2.75, 3.05) is 6.61 Å². The first-order valence-corrected chi connectivity index (χ1v) is 13.9. The van der Waals surface area contributed by atoms with Crippen LogP contribution in [0.15, 0.2) is 12.2 Å². The van der Waals surface area contributed by atoms with Gasteiger partial charge in [-0.2, -0.15) is 0 Å². The summed E-state index contributed by atoms with van der Waals surface area (Å²) in [6.45, 7) is 4.27. The van der Waals surface area contributed by atoms with Gasteiger partial charge in [0.05, 0.1) is 18.8 Å². The van der Waals surface area contributed by atoms with E-state index in [1.54, 1.807) is 0 Å². The van der Waals surface area contributed by atoms with Crippen molar-refractivity contribution in [3.63, 3.8) is 0 Å². The lowest BCUT2D eigenvalue weighted by atomic mass is 10.0. The predicted molar refractivity (Wildman–Crippen MR) is 138 cm³/mol. The van der Waals surface area contributed by atoms with Gasteiger partial charge in [-0.15, -0.1) is 0 Å². The highest BCUT2D eigenvalue weighted by Gasteiger charge is 2.19. The summed E-state index contributed by atoms with van der Waals surface area (Å²) in [5, 5.41) is 22.7. The molecular weight excluding hydrogens is 398 g/mol. The number of aliphatic hydroxyl groups excluding tert-OH is 2. The van der Waals surface area contributed by atoms with Crippen LogP contribution in [0.2, 0.25) is 0 Å². The van der Waals surface area contributed by atoms with Gasteiger partial charge < -0.3 is 15.5 Å². The second-order valence-corrected chi connectivity index (χ2v) is 9.46. The first-order valence-electron chi connectivity index (χ1n) is 13.9. The Bertz CT molecular complexity index is 425. The lowest BCUT2D eigenvalue weighted by Crippen LogP contribution is -2.45. The molecule has 0 aliphatic carbocycles. The second-order valence-electron chi connectivity index (χ2n) is 9.46. The Morgan fingerprint density at radius 3 is 1.72 bits per heavy atom. The minimum atomic E-state index is -0.662. The summed E-state index contributed by atoms with van der Waals surface area (Å²) in [5.41, 5.74) is 0. The van der Waals surface area contributed by atoms with Crippen LogP contribution >= 0.6 is 0 Å². The van der Waals surface area contributed by atoms with Crippen LogP contribution in [-0.2, 0) is 4.79 Å². The maximum Gasteiger partial charge on any atom is 0.220 e. The van der Waals surface area contributed by atoms with Crippen LogP contribution in [0.1, 0.15) is 142 Å². The largest absolute Gasteiger partial charge is 0.394 e. The number of aliphatic hydroxyl groups is 2. The molecule has 0 bridgehead atoms. The van der Waals surface area contributed by atoms with Crippen molar-refractivity contribution in [1.82, 2.24) is 5.32 Å². The Hall–Kier alpha value is -0.870. The number of hydrogen-bond donors (Lipinski definition) is 3. The molecule has 2 atom stereocenters. The molecular formula is C28H55NO3. The van der Waals surface area contributed by atoms with E-state index in [4.69, 9.17) is 0 Å². The number of carbonyl (C=O) groups is 1. The monoisotopic (exact) mass is 453 g/mol. The molecule has 4 heteroatoms. The van der Waals surface area contributed by atoms with Crippen LogP contribution in [0, 0.1) is 0 Å². The van der Waals surface area contributed by atoms with Gasteiger partial charge >= 0.3 is 0 Å². The van der Waals surface area contributed by atoms with Crippen molar-refractivity contribution < 1.29 is 15.0 Å². The van der Waals surface area contributed by atoms with E-state index in [-0.39, 0.29) is 12.5 Å². The van der Waals surface area contributed by atoms with Gasteiger partial charge in [0.1, 0.15) is 0 Å². The van der Waals surface area contributed by atoms with E-state index in [1.165, 1.54) is 83.5 Å². The van der Waals surface area contributed by atoms with Gasteiger partial charge in [-0.1, -0.05) is 116 Å². The summed E-state index contributed by atoms with van der Waals surface area (Å²) in [6, 6.07) is -0.542. The SMILES string of the molecule is CCCCCC/C=C\CCCC(=O)NC(CO)C(O)CCCCCCCCCCCCC.